The topological polar surface area (TPSA) is 35.5 Å². The summed E-state index contributed by atoms with van der Waals surface area (Å²) in [7, 11) is 0. The number of carbonyl (C=O) groups excluding carboxylic acids is 1. The molecule has 0 aromatic carbocycles. The average Bonchev–Trinajstić information content (AvgIpc) is 1.82. The van der Waals surface area contributed by atoms with Gasteiger partial charge in [0.05, 0.1) is 13.2 Å². The van der Waals surface area contributed by atoms with Crippen molar-refractivity contribution >= 4 is 40.8 Å². The summed E-state index contributed by atoms with van der Waals surface area (Å²) in [4.78, 5) is 11.0. The van der Waals surface area contributed by atoms with E-state index in [0.717, 1.165) is 0 Å². The molecule has 70 valence electrons. The lowest BCUT2D eigenvalue weighted by Crippen LogP contribution is -2.51. The Balaban J connectivity index is 2.46. The second kappa shape index (κ2) is 3.22. The second-order valence-electron chi connectivity index (χ2n) is 2.83. The van der Waals surface area contributed by atoms with Gasteiger partial charge in [-0.05, 0) is 6.92 Å². The maximum atomic E-state index is 11.0. The Kier molecular flexibility index (Phi) is 2.78. The zero-order chi connectivity index (χ0) is 9.41. The van der Waals surface area contributed by atoms with Crippen LogP contribution in [0.2, 0.25) is 0 Å². The van der Waals surface area contributed by atoms with Crippen molar-refractivity contribution < 1.29 is 14.3 Å². The highest BCUT2D eigenvalue weighted by Crippen LogP contribution is 2.31. The van der Waals surface area contributed by atoms with Gasteiger partial charge in [-0.15, -0.1) is 0 Å². The Morgan fingerprint density at radius 3 is 2.25 bits per heavy atom. The standard InChI is InChI=1S/C6H7Cl3O3/c1-5(2-11-3-5)12-4(10)6(7,8)9/h2-3H2,1H3. The first-order valence-corrected chi connectivity index (χ1v) is 4.35. The SMILES string of the molecule is CC1(OC(=O)C(Cl)(Cl)Cl)COC1. The van der Waals surface area contributed by atoms with Crippen LogP contribution in [0, 0.1) is 0 Å². The molecule has 0 N–H and O–H groups in total. The fourth-order valence-corrected chi connectivity index (χ4v) is 0.846. The van der Waals surface area contributed by atoms with Crippen molar-refractivity contribution in [2.24, 2.45) is 0 Å². The number of carbonyl (C=O) groups is 1. The molecule has 0 saturated carbocycles. The van der Waals surface area contributed by atoms with E-state index in [1.165, 1.54) is 0 Å². The molecule has 3 nitrogen and oxygen atoms in total. The predicted octanol–water partition coefficient (Wildman–Crippen LogP) is 1.69. The van der Waals surface area contributed by atoms with Crippen LogP contribution in [0.3, 0.4) is 0 Å². The summed E-state index contributed by atoms with van der Waals surface area (Å²) < 4.78 is 7.72. The fraction of sp³-hybridized carbons (Fsp3) is 0.833. The predicted molar refractivity (Wildman–Crippen MR) is 45.6 cm³/mol. The van der Waals surface area contributed by atoms with Crippen molar-refractivity contribution in [1.29, 1.82) is 0 Å². The average molecular weight is 233 g/mol. The molecular weight excluding hydrogens is 226 g/mol. The van der Waals surface area contributed by atoms with Crippen LogP contribution in [-0.4, -0.2) is 28.6 Å². The maximum Gasteiger partial charge on any atom is 0.359 e. The van der Waals surface area contributed by atoms with Gasteiger partial charge in [0.2, 0.25) is 0 Å². The van der Waals surface area contributed by atoms with E-state index < -0.39 is 15.4 Å². The molecule has 1 heterocycles. The molecule has 1 aliphatic rings. The minimum absolute atomic E-state index is 0.347. The molecule has 0 radical (unpaired) electrons. The number of alkyl halides is 3. The normalized spacial score (nSPS) is 21.3. The van der Waals surface area contributed by atoms with Crippen molar-refractivity contribution in [3.63, 3.8) is 0 Å². The first-order valence-electron chi connectivity index (χ1n) is 3.21. The molecule has 12 heavy (non-hydrogen) atoms. The number of halogens is 3. The molecule has 0 unspecified atom stereocenters. The zero-order valence-electron chi connectivity index (χ0n) is 6.27. The van der Waals surface area contributed by atoms with E-state index in [1.807, 2.05) is 0 Å². The molecule has 0 aromatic heterocycles. The summed E-state index contributed by atoms with van der Waals surface area (Å²) in [5, 5.41) is 0. The third-order valence-corrected chi connectivity index (χ3v) is 1.85. The molecule has 1 aliphatic heterocycles. The summed E-state index contributed by atoms with van der Waals surface area (Å²) in [5.74, 6) is -0.863. The van der Waals surface area contributed by atoms with Gasteiger partial charge in [-0.3, -0.25) is 0 Å². The Morgan fingerprint density at radius 1 is 1.50 bits per heavy atom. The van der Waals surface area contributed by atoms with E-state index in [4.69, 9.17) is 44.3 Å². The molecule has 0 spiro atoms. The highest BCUT2D eigenvalue weighted by atomic mass is 35.6. The van der Waals surface area contributed by atoms with Crippen LogP contribution < -0.4 is 0 Å². The summed E-state index contributed by atoms with van der Waals surface area (Å²) >= 11 is 15.9. The molecule has 1 fully saturated rings. The number of ether oxygens (including phenoxy) is 2. The van der Waals surface area contributed by atoms with E-state index in [9.17, 15) is 4.79 Å². The zero-order valence-corrected chi connectivity index (χ0v) is 8.54. The van der Waals surface area contributed by atoms with Gasteiger partial charge in [-0.25, -0.2) is 4.79 Å². The van der Waals surface area contributed by atoms with Crippen molar-refractivity contribution in [2.45, 2.75) is 16.3 Å². The van der Waals surface area contributed by atoms with Crippen molar-refractivity contribution in [3.8, 4) is 0 Å². The minimum Gasteiger partial charge on any atom is -0.451 e. The summed E-state index contributed by atoms with van der Waals surface area (Å²) in [6, 6.07) is 0. The lowest BCUT2D eigenvalue weighted by atomic mass is 10.1. The van der Waals surface area contributed by atoms with Crippen molar-refractivity contribution in [2.75, 3.05) is 13.2 Å². The van der Waals surface area contributed by atoms with Crippen LogP contribution in [0.1, 0.15) is 6.92 Å². The third-order valence-electron chi connectivity index (χ3n) is 1.39. The first-order chi connectivity index (χ1) is 5.33. The highest BCUT2D eigenvalue weighted by molar-refractivity contribution is 6.75. The summed E-state index contributed by atoms with van der Waals surface area (Å²) in [6.45, 7) is 2.41. The highest BCUT2D eigenvalue weighted by Gasteiger charge is 2.43. The molecule has 6 heteroatoms. The molecule has 0 amide bonds. The van der Waals surface area contributed by atoms with E-state index >= 15 is 0 Å². The van der Waals surface area contributed by atoms with Gasteiger partial charge >= 0.3 is 5.97 Å². The van der Waals surface area contributed by atoms with Crippen LogP contribution in [0.15, 0.2) is 0 Å². The van der Waals surface area contributed by atoms with Crippen molar-refractivity contribution in [3.05, 3.63) is 0 Å². The van der Waals surface area contributed by atoms with Crippen LogP contribution in [0.25, 0.3) is 0 Å². The summed E-state index contributed by atoms with van der Waals surface area (Å²) in [5.41, 5.74) is -0.624. The van der Waals surface area contributed by atoms with E-state index in [2.05, 4.69) is 0 Å². The van der Waals surface area contributed by atoms with Gasteiger partial charge in [0, 0.05) is 0 Å². The Hall–Kier alpha value is 0.300. The van der Waals surface area contributed by atoms with E-state index in [1.54, 1.807) is 6.92 Å². The maximum absolute atomic E-state index is 11.0. The lowest BCUT2D eigenvalue weighted by Gasteiger charge is -2.37. The largest absolute Gasteiger partial charge is 0.451 e. The van der Waals surface area contributed by atoms with Crippen LogP contribution in [-0.2, 0) is 14.3 Å². The molecule has 1 saturated heterocycles. The molecule has 0 aliphatic carbocycles. The Morgan fingerprint density at radius 2 is 2.00 bits per heavy atom. The monoisotopic (exact) mass is 232 g/mol. The van der Waals surface area contributed by atoms with Gasteiger partial charge in [0.25, 0.3) is 3.79 Å². The summed E-state index contributed by atoms with van der Waals surface area (Å²) in [6.07, 6.45) is 0. The number of hydrogen-bond acceptors (Lipinski definition) is 3. The van der Waals surface area contributed by atoms with Gasteiger partial charge in [0.1, 0.15) is 0 Å². The molecule has 0 bridgehead atoms. The number of hydrogen-bond donors (Lipinski definition) is 0. The third kappa shape index (κ3) is 2.39. The molecule has 0 atom stereocenters. The molecule has 0 aromatic rings. The second-order valence-corrected chi connectivity index (χ2v) is 5.11. The fourth-order valence-electron chi connectivity index (χ4n) is 0.730. The number of rotatable bonds is 1. The van der Waals surface area contributed by atoms with Crippen LogP contribution in [0.4, 0.5) is 0 Å². The Labute approximate surface area is 84.9 Å². The van der Waals surface area contributed by atoms with Gasteiger partial charge in [-0.2, -0.15) is 0 Å². The lowest BCUT2D eigenvalue weighted by molar-refractivity contribution is -0.205. The van der Waals surface area contributed by atoms with Gasteiger partial charge < -0.3 is 9.47 Å². The van der Waals surface area contributed by atoms with Crippen LogP contribution in [0.5, 0.6) is 0 Å². The molecule has 1 rings (SSSR count). The van der Waals surface area contributed by atoms with Crippen molar-refractivity contribution in [1.82, 2.24) is 0 Å². The Bertz CT molecular complexity index is 195. The minimum atomic E-state index is -2.00. The smallest absolute Gasteiger partial charge is 0.359 e. The number of esters is 1. The van der Waals surface area contributed by atoms with Gasteiger partial charge in [0.15, 0.2) is 5.60 Å². The van der Waals surface area contributed by atoms with E-state index in [0.29, 0.717) is 13.2 Å². The van der Waals surface area contributed by atoms with E-state index in [-0.39, 0.29) is 0 Å². The first kappa shape index (κ1) is 10.4. The van der Waals surface area contributed by atoms with Crippen LogP contribution >= 0.6 is 34.8 Å². The van der Waals surface area contributed by atoms with Gasteiger partial charge in [-0.1, -0.05) is 34.8 Å². The molecular formula is C6H7Cl3O3. The quantitative estimate of drug-likeness (QED) is 0.511.